The van der Waals surface area contributed by atoms with Crippen molar-refractivity contribution in [2.45, 2.75) is 18.9 Å². The summed E-state index contributed by atoms with van der Waals surface area (Å²) >= 11 is 5.83. The summed E-state index contributed by atoms with van der Waals surface area (Å²) in [5.74, 6) is -0.440. The van der Waals surface area contributed by atoms with Gasteiger partial charge in [-0.3, -0.25) is 14.9 Å². The number of aliphatic hydroxyl groups is 1. The zero-order chi connectivity index (χ0) is 14.9. The number of carbonyl (C=O) groups is 1. The molecule has 0 aliphatic heterocycles. The van der Waals surface area contributed by atoms with E-state index in [1.165, 1.54) is 4.90 Å². The average Bonchev–Trinajstić information content (AvgIpc) is 3.22. The Bertz CT molecular complexity index is 560. The number of carbonyl (C=O) groups excluding carboxylic acids is 1. The van der Waals surface area contributed by atoms with E-state index in [2.05, 4.69) is 0 Å². The van der Waals surface area contributed by atoms with Gasteiger partial charge in [-0.25, -0.2) is 0 Å². The Balaban J connectivity index is 2.39. The van der Waals surface area contributed by atoms with Crippen molar-refractivity contribution in [2.24, 2.45) is 0 Å². The van der Waals surface area contributed by atoms with Crippen LogP contribution in [0, 0.1) is 10.1 Å². The number of amides is 1. The van der Waals surface area contributed by atoms with Gasteiger partial charge in [0.2, 0.25) is 0 Å². The van der Waals surface area contributed by atoms with Crippen LogP contribution >= 0.6 is 11.6 Å². The molecule has 0 atom stereocenters. The Morgan fingerprint density at radius 3 is 2.70 bits per heavy atom. The number of hydrogen-bond acceptors (Lipinski definition) is 5. The first-order valence-electron chi connectivity index (χ1n) is 6.11. The summed E-state index contributed by atoms with van der Waals surface area (Å²) in [6.45, 7) is -0.00590. The summed E-state index contributed by atoms with van der Waals surface area (Å²) in [7, 11) is 0. The number of aliphatic hydroxyl groups excluding tert-OH is 1. The normalized spacial score (nSPS) is 14.1. The van der Waals surface area contributed by atoms with Gasteiger partial charge >= 0.3 is 0 Å². The van der Waals surface area contributed by atoms with Gasteiger partial charge in [0.1, 0.15) is 0 Å². The van der Waals surface area contributed by atoms with E-state index in [0.717, 1.165) is 25.0 Å². The minimum Gasteiger partial charge on any atom is -0.397 e. The van der Waals surface area contributed by atoms with Crippen molar-refractivity contribution in [1.29, 1.82) is 0 Å². The molecule has 1 aliphatic carbocycles. The van der Waals surface area contributed by atoms with E-state index >= 15 is 0 Å². The summed E-state index contributed by atoms with van der Waals surface area (Å²) in [5.41, 5.74) is 5.48. The molecule has 3 N–H and O–H groups in total. The number of nitro groups is 1. The Kier molecular flexibility index (Phi) is 4.10. The molecular formula is C12H14ClN3O4. The lowest BCUT2D eigenvalue weighted by atomic mass is 10.1. The quantitative estimate of drug-likeness (QED) is 0.485. The van der Waals surface area contributed by atoms with E-state index in [1.807, 2.05) is 0 Å². The van der Waals surface area contributed by atoms with Crippen molar-refractivity contribution in [3.8, 4) is 0 Å². The van der Waals surface area contributed by atoms with E-state index in [1.54, 1.807) is 0 Å². The summed E-state index contributed by atoms with van der Waals surface area (Å²) < 4.78 is 0. The van der Waals surface area contributed by atoms with Crippen LogP contribution in [-0.2, 0) is 0 Å². The highest BCUT2D eigenvalue weighted by molar-refractivity contribution is 6.34. The number of hydrogen-bond donors (Lipinski definition) is 2. The van der Waals surface area contributed by atoms with Gasteiger partial charge in [-0.2, -0.15) is 0 Å². The molecule has 0 bridgehead atoms. The molecule has 2 rings (SSSR count). The molecule has 0 aromatic heterocycles. The molecule has 0 radical (unpaired) electrons. The number of anilines is 1. The van der Waals surface area contributed by atoms with Crippen LogP contribution in [0.25, 0.3) is 0 Å². The van der Waals surface area contributed by atoms with Gasteiger partial charge in [-0.1, -0.05) is 11.6 Å². The molecule has 0 spiro atoms. The fourth-order valence-corrected chi connectivity index (χ4v) is 2.20. The Morgan fingerprint density at radius 2 is 2.20 bits per heavy atom. The number of nitrogens with two attached hydrogens (primary N) is 1. The minimum absolute atomic E-state index is 0.00421. The third-order valence-electron chi connectivity index (χ3n) is 3.14. The molecular weight excluding hydrogens is 286 g/mol. The van der Waals surface area contributed by atoms with Gasteiger partial charge in [0.25, 0.3) is 11.6 Å². The maximum Gasteiger partial charge on any atom is 0.271 e. The third-order valence-corrected chi connectivity index (χ3v) is 3.46. The average molecular weight is 300 g/mol. The fraction of sp³-hybridized carbons (Fsp3) is 0.417. The summed E-state index contributed by atoms with van der Waals surface area (Å²) in [6, 6.07) is 2.30. The van der Waals surface area contributed by atoms with E-state index in [0.29, 0.717) is 0 Å². The predicted octanol–water partition coefficient (Wildman–Crippen LogP) is 1.43. The molecule has 0 unspecified atom stereocenters. The van der Waals surface area contributed by atoms with E-state index in [9.17, 15) is 14.9 Å². The smallest absolute Gasteiger partial charge is 0.271 e. The van der Waals surface area contributed by atoms with Gasteiger partial charge in [-0.05, 0) is 12.8 Å². The zero-order valence-corrected chi connectivity index (χ0v) is 11.3. The third kappa shape index (κ3) is 2.83. The molecule has 1 fully saturated rings. The lowest BCUT2D eigenvalue weighted by molar-refractivity contribution is -0.384. The lowest BCUT2D eigenvalue weighted by Crippen LogP contribution is -2.36. The Morgan fingerprint density at radius 1 is 1.55 bits per heavy atom. The SMILES string of the molecule is Nc1c(Cl)cc([N+](=O)[O-])cc1C(=O)N(CCO)C1CC1. The maximum atomic E-state index is 12.4. The Labute approximate surface area is 120 Å². The number of benzene rings is 1. The molecule has 1 aromatic carbocycles. The fourth-order valence-electron chi connectivity index (χ4n) is 1.98. The van der Waals surface area contributed by atoms with Crippen molar-refractivity contribution in [3.05, 3.63) is 32.8 Å². The van der Waals surface area contributed by atoms with Crippen LogP contribution in [0.2, 0.25) is 5.02 Å². The van der Waals surface area contributed by atoms with Crippen LogP contribution in [-0.4, -0.2) is 40.0 Å². The maximum absolute atomic E-state index is 12.4. The van der Waals surface area contributed by atoms with Crippen LogP contribution in [0.15, 0.2) is 12.1 Å². The highest BCUT2D eigenvalue weighted by atomic mass is 35.5. The first kappa shape index (κ1) is 14.5. The van der Waals surface area contributed by atoms with E-state index in [-0.39, 0.29) is 41.2 Å². The minimum atomic E-state index is -0.629. The standard InChI is InChI=1S/C12H14ClN3O4/c13-10-6-8(16(19)20)5-9(11(10)14)12(18)15(3-4-17)7-1-2-7/h5-7,17H,1-4,14H2. The van der Waals surface area contributed by atoms with Crippen LogP contribution in [0.3, 0.4) is 0 Å². The number of nitrogens with zero attached hydrogens (tertiary/aromatic N) is 2. The molecule has 1 aromatic rings. The van der Waals surface area contributed by atoms with Crippen molar-refractivity contribution in [1.82, 2.24) is 4.90 Å². The van der Waals surface area contributed by atoms with Gasteiger partial charge < -0.3 is 15.7 Å². The summed E-state index contributed by atoms with van der Waals surface area (Å²) in [5, 5.41) is 19.8. The number of rotatable bonds is 5. The molecule has 0 heterocycles. The largest absolute Gasteiger partial charge is 0.397 e. The van der Waals surface area contributed by atoms with Crippen molar-refractivity contribution in [3.63, 3.8) is 0 Å². The van der Waals surface area contributed by atoms with Crippen molar-refractivity contribution in [2.75, 3.05) is 18.9 Å². The molecule has 1 aliphatic rings. The first-order valence-corrected chi connectivity index (χ1v) is 6.48. The number of nitrogen functional groups attached to an aromatic ring is 1. The Hall–Kier alpha value is -1.86. The molecule has 7 nitrogen and oxygen atoms in total. The van der Waals surface area contributed by atoms with Crippen LogP contribution in [0.4, 0.5) is 11.4 Å². The van der Waals surface area contributed by atoms with Crippen molar-refractivity contribution >= 4 is 28.9 Å². The molecule has 20 heavy (non-hydrogen) atoms. The van der Waals surface area contributed by atoms with Gasteiger partial charge in [0.15, 0.2) is 0 Å². The lowest BCUT2D eigenvalue weighted by Gasteiger charge is -2.22. The number of halogens is 1. The van der Waals surface area contributed by atoms with Gasteiger partial charge in [-0.15, -0.1) is 0 Å². The molecule has 108 valence electrons. The second-order valence-electron chi connectivity index (χ2n) is 4.60. The van der Waals surface area contributed by atoms with E-state index < -0.39 is 10.8 Å². The second kappa shape index (κ2) is 5.64. The molecule has 0 saturated heterocycles. The summed E-state index contributed by atoms with van der Waals surface area (Å²) in [6.07, 6.45) is 1.71. The number of non-ortho nitro benzene ring substituents is 1. The second-order valence-corrected chi connectivity index (χ2v) is 5.01. The highest BCUT2D eigenvalue weighted by Crippen LogP contribution is 2.33. The predicted molar refractivity (Wildman–Crippen MR) is 73.7 cm³/mol. The van der Waals surface area contributed by atoms with E-state index in [4.69, 9.17) is 22.4 Å². The monoisotopic (exact) mass is 299 g/mol. The van der Waals surface area contributed by atoms with Crippen LogP contribution in [0.1, 0.15) is 23.2 Å². The summed E-state index contributed by atoms with van der Waals surface area (Å²) in [4.78, 5) is 24.1. The van der Waals surface area contributed by atoms with Gasteiger partial charge in [0.05, 0.1) is 27.8 Å². The zero-order valence-electron chi connectivity index (χ0n) is 10.6. The van der Waals surface area contributed by atoms with Gasteiger partial charge in [0, 0.05) is 24.7 Å². The highest BCUT2D eigenvalue weighted by Gasteiger charge is 2.34. The topological polar surface area (TPSA) is 110 Å². The molecule has 8 heteroatoms. The molecule has 1 amide bonds. The first-order chi connectivity index (χ1) is 9.45. The van der Waals surface area contributed by atoms with Crippen molar-refractivity contribution < 1.29 is 14.8 Å². The van der Waals surface area contributed by atoms with Crippen LogP contribution in [0.5, 0.6) is 0 Å². The van der Waals surface area contributed by atoms with Crippen LogP contribution < -0.4 is 5.73 Å². The number of nitro benzene ring substituents is 1. The molecule has 1 saturated carbocycles.